The van der Waals surface area contributed by atoms with Gasteiger partial charge in [0.05, 0.1) is 19.3 Å². The maximum atomic E-state index is 13.3. The van der Waals surface area contributed by atoms with Gasteiger partial charge < -0.3 is 10.1 Å². The third-order valence-electron chi connectivity index (χ3n) is 4.42. The van der Waals surface area contributed by atoms with Crippen LogP contribution in [0.1, 0.15) is 24.6 Å². The molecule has 1 aliphatic rings. The van der Waals surface area contributed by atoms with Crippen molar-refractivity contribution < 1.29 is 13.9 Å². The summed E-state index contributed by atoms with van der Waals surface area (Å²) in [6, 6.07) is 5.95. The van der Waals surface area contributed by atoms with Crippen molar-refractivity contribution in [2.45, 2.75) is 19.0 Å². The molecule has 0 radical (unpaired) electrons. The summed E-state index contributed by atoms with van der Waals surface area (Å²) >= 11 is 0. The van der Waals surface area contributed by atoms with Crippen LogP contribution in [0.2, 0.25) is 0 Å². The van der Waals surface area contributed by atoms with Gasteiger partial charge in [-0.15, -0.1) is 0 Å². The summed E-state index contributed by atoms with van der Waals surface area (Å²) in [6.07, 6.45) is 2.92. The zero-order valence-electron chi connectivity index (χ0n) is 14.1. The number of ether oxygens (including phenoxy) is 1. The third-order valence-corrected chi connectivity index (χ3v) is 4.42. The van der Waals surface area contributed by atoms with Gasteiger partial charge in [0.2, 0.25) is 5.91 Å². The number of carbonyl (C=O) groups excluding carboxylic acids is 1. The van der Waals surface area contributed by atoms with Gasteiger partial charge in [-0.05, 0) is 24.6 Å². The number of hydrogen-bond acceptors (Lipinski definition) is 5. The molecule has 1 aromatic heterocycles. The molecule has 1 fully saturated rings. The predicted molar refractivity (Wildman–Crippen MR) is 89.3 cm³/mol. The fourth-order valence-corrected chi connectivity index (χ4v) is 2.91. The Kier molecular flexibility index (Phi) is 5.72. The van der Waals surface area contributed by atoms with Gasteiger partial charge in [0.25, 0.3) is 0 Å². The standard InChI is InChI=1S/C17H22FN5O2/c1-13(23-12-19-11-21-23)17(24)20-10-16(22-6-8-25-9-7-22)14-2-4-15(18)5-3-14/h2-5,11-13,16H,6-10H2,1H3,(H,20,24)/t13-,16-/m0/s1. The van der Waals surface area contributed by atoms with Gasteiger partial charge in [-0.1, -0.05) is 12.1 Å². The quantitative estimate of drug-likeness (QED) is 0.849. The van der Waals surface area contributed by atoms with Crippen molar-refractivity contribution in [3.05, 3.63) is 48.3 Å². The molecule has 134 valence electrons. The molecule has 7 nitrogen and oxygen atoms in total. The number of morpholine rings is 1. The number of amides is 1. The van der Waals surface area contributed by atoms with Crippen molar-refractivity contribution in [3.8, 4) is 0 Å². The highest BCUT2D eigenvalue weighted by Crippen LogP contribution is 2.22. The Morgan fingerprint density at radius 1 is 1.32 bits per heavy atom. The molecule has 1 N–H and O–H groups in total. The maximum absolute atomic E-state index is 13.3. The van der Waals surface area contributed by atoms with E-state index in [9.17, 15) is 9.18 Å². The highest BCUT2D eigenvalue weighted by molar-refractivity contribution is 5.79. The first-order valence-electron chi connectivity index (χ1n) is 8.34. The highest BCUT2D eigenvalue weighted by atomic mass is 19.1. The van der Waals surface area contributed by atoms with E-state index >= 15 is 0 Å². The Bertz CT molecular complexity index is 671. The molecule has 0 unspecified atom stereocenters. The average molecular weight is 347 g/mol. The van der Waals surface area contributed by atoms with Crippen molar-refractivity contribution in [2.75, 3.05) is 32.8 Å². The van der Waals surface area contributed by atoms with E-state index in [1.54, 1.807) is 19.1 Å². The summed E-state index contributed by atoms with van der Waals surface area (Å²) in [7, 11) is 0. The van der Waals surface area contributed by atoms with Crippen molar-refractivity contribution in [1.82, 2.24) is 25.0 Å². The SMILES string of the molecule is C[C@@H](C(=O)NC[C@@H](c1ccc(F)cc1)N1CCOCC1)n1cncn1. The Hall–Kier alpha value is -2.32. The number of hydrogen-bond donors (Lipinski definition) is 1. The molecule has 1 saturated heterocycles. The summed E-state index contributed by atoms with van der Waals surface area (Å²) in [5, 5.41) is 6.98. The molecule has 2 heterocycles. The van der Waals surface area contributed by atoms with Crippen LogP contribution in [-0.4, -0.2) is 58.4 Å². The number of benzene rings is 1. The molecule has 2 aromatic rings. The van der Waals surface area contributed by atoms with Crippen molar-refractivity contribution in [2.24, 2.45) is 0 Å². The lowest BCUT2D eigenvalue weighted by Crippen LogP contribution is -2.44. The van der Waals surface area contributed by atoms with Gasteiger partial charge in [-0.3, -0.25) is 9.69 Å². The second-order valence-electron chi connectivity index (χ2n) is 6.01. The fraction of sp³-hybridized carbons (Fsp3) is 0.471. The van der Waals surface area contributed by atoms with E-state index in [1.807, 2.05) is 0 Å². The first-order valence-corrected chi connectivity index (χ1v) is 8.34. The van der Waals surface area contributed by atoms with Crippen LogP contribution in [0.25, 0.3) is 0 Å². The van der Waals surface area contributed by atoms with Gasteiger partial charge in [0.15, 0.2) is 0 Å². The van der Waals surface area contributed by atoms with E-state index in [-0.39, 0.29) is 17.8 Å². The van der Waals surface area contributed by atoms with Crippen LogP contribution in [0.4, 0.5) is 4.39 Å². The number of halogens is 1. The van der Waals surface area contributed by atoms with Crippen LogP contribution >= 0.6 is 0 Å². The largest absolute Gasteiger partial charge is 0.379 e. The predicted octanol–water partition coefficient (Wildman–Crippen LogP) is 1.17. The first kappa shape index (κ1) is 17.5. The third kappa shape index (κ3) is 4.40. The Balaban J connectivity index is 1.68. The molecule has 1 amide bonds. The van der Waals surface area contributed by atoms with Gasteiger partial charge >= 0.3 is 0 Å². The zero-order chi connectivity index (χ0) is 17.6. The van der Waals surface area contributed by atoms with Gasteiger partial charge in [0, 0.05) is 19.6 Å². The lowest BCUT2D eigenvalue weighted by molar-refractivity contribution is -0.124. The second-order valence-corrected chi connectivity index (χ2v) is 6.01. The monoisotopic (exact) mass is 347 g/mol. The summed E-state index contributed by atoms with van der Waals surface area (Å²) in [6.45, 7) is 5.06. The van der Waals surface area contributed by atoms with Gasteiger partial charge in [0.1, 0.15) is 24.5 Å². The molecule has 1 aliphatic heterocycles. The van der Waals surface area contributed by atoms with Crippen LogP contribution in [0.15, 0.2) is 36.9 Å². The van der Waals surface area contributed by atoms with Crippen molar-refractivity contribution in [1.29, 1.82) is 0 Å². The van der Waals surface area contributed by atoms with Gasteiger partial charge in [-0.2, -0.15) is 5.10 Å². The van der Waals surface area contributed by atoms with Crippen LogP contribution in [0, 0.1) is 5.82 Å². The second kappa shape index (κ2) is 8.17. The molecule has 0 aliphatic carbocycles. The molecular formula is C17H22FN5O2. The number of nitrogens with one attached hydrogen (secondary N) is 1. The molecule has 0 saturated carbocycles. The Labute approximate surface area is 145 Å². The lowest BCUT2D eigenvalue weighted by Gasteiger charge is -2.35. The number of carbonyl (C=O) groups is 1. The Morgan fingerprint density at radius 2 is 2.04 bits per heavy atom. The number of rotatable bonds is 6. The van der Waals surface area contributed by atoms with Gasteiger partial charge in [-0.25, -0.2) is 14.1 Å². The van der Waals surface area contributed by atoms with E-state index in [4.69, 9.17) is 4.74 Å². The lowest BCUT2D eigenvalue weighted by atomic mass is 10.0. The van der Waals surface area contributed by atoms with E-state index in [0.29, 0.717) is 19.8 Å². The molecule has 8 heteroatoms. The van der Waals surface area contributed by atoms with Crippen molar-refractivity contribution in [3.63, 3.8) is 0 Å². The normalized spacial score (nSPS) is 17.8. The molecule has 2 atom stereocenters. The average Bonchev–Trinajstić information content (AvgIpc) is 3.18. The molecule has 0 bridgehead atoms. The summed E-state index contributed by atoms with van der Waals surface area (Å²) < 4.78 is 20.2. The van der Waals surface area contributed by atoms with Crippen molar-refractivity contribution >= 4 is 5.91 Å². The van der Waals surface area contributed by atoms with E-state index in [2.05, 4.69) is 20.3 Å². The minimum atomic E-state index is -0.443. The minimum absolute atomic E-state index is 0.0311. The summed E-state index contributed by atoms with van der Waals surface area (Å²) in [4.78, 5) is 18.5. The molecule has 0 spiro atoms. The topological polar surface area (TPSA) is 72.3 Å². The highest BCUT2D eigenvalue weighted by Gasteiger charge is 2.24. The zero-order valence-corrected chi connectivity index (χ0v) is 14.1. The van der Waals surface area contributed by atoms with E-state index < -0.39 is 6.04 Å². The molecule has 3 rings (SSSR count). The van der Waals surface area contributed by atoms with E-state index in [0.717, 1.165) is 18.7 Å². The van der Waals surface area contributed by atoms with Crippen LogP contribution in [0.3, 0.4) is 0 Å². The minimum Gasteiger partial charge on any atom is -0.379 e. The summed E-state index contributed by atoms with van der Waals surface area (Å²) in [5.74, 6) is -0.404. The summed E-state index contributed by atoms with van der Waals surface area (Å²) in [5.41, 5.74) is 0.969. The maximum Gasteiger partial charge on any atom is 0.244 e. The van der Waals surface area contributed by atoms with Crippen LogP contribution in [-0.2, 0) is 9.53 Å². The molecular weight excluding hydrogens is 325 g/mol. The molecule has 25 heavy (non-hydrogen) atoms. The van der Waals surface area contributed by atoms with Crippen LogP contribution in [0.5, 0.6) is 0 Å². The Morgan fingerprint density at radius 3 is 2.68 bits per heavy atom. The molecule has 1 aromatic carbocycles. The van der Waals surface area contributed by atoms with Crippen LogP contribution < -0.4 is 5.32 Å². The fourth-order valence-electron chi connectivity index (χ4n) is 2.91. The van der Waals surface area contributed by atoms with E-state index in [1.165, 1.54) is 29.5 Å². The number of nitrogens with zero attached hydrogens (tertiary/aromatic N) is 4. The number of aromatic nitrogens is 3. The first-order chi connectivity index (χ1) is 12.1. The smallest absolute Gasteiger partial charge is 0.244 e.